The van der Waals surface area contributed by atoms with Crippen LogP contribution in [0.2, 0.25) is 5.02 Å². The molecule has 0 spiro atoms. The number of hydrogen-bond donors (Lipinski definition) is 1. The highest BCUT2D eigenvalue weighted by atomic mass is 35.5. The molecule has 26 heavy (non-hydrogen) atoms. The molecule has 9 heteroatoms. The molecule has 136 valence electrons. The van der Waals surface area contributed by atoms with Gasteiger partial charge in [0.05, 0.1) is 23.7 Å². The Kier molecular flexibility index (Phi) is 5.65. The fourth-order valence-corrected chi connectivity index (χ4v) is 2.88. The molecule has 0 aliphatic carbocycles. The zero-order chi connectivity index (χ0) is 18.7. The van der Waals surface area contributed by atoms with Gasteiger partial charge in [0.15, 0.2) is 0 Å². The van der Waals surface area contributed by atoms with E-state index in [2.05, 4.69) is 22.1 Å². The predicted molar refractivity (Wildman–Crippen MR) is 102 cm³/mol. The van der Waals surface area contributed by atoms with Crippen molar-refractivity contribution in [1.82, 2.24) is 14.1 Å². The molecule has 3 rings (SSSR count). The molecular formula is C17H16ClN3O4S. The van der Waals surface area contributed by atoms with Crippen molar-refractivity contribution in [3.63, 3.8) is 0 Å². The van der Waals surface area contributed by atoms with Gasteiger partial charge in [-0.2, -0.15) is 0 Å². The Morgan fingerprint density at radius 1 is 1.27 bits per heavy atom. The van der Waals surface area contributed by atoms with E-state index in [0.29, 0.717) is 34.7 Å². The van der Waals surface area contributed by atoms with Crippen molar-refractivity contribution >= 4 is 35.4 Å². The van der Waals surface area contributed by atoms with Crippen LogP contribution in [0, 0.1) is 0 Å². The van der Waals surface area contributed by atoms with E-state index in [1.54, 1.807) is 31.3 Å². The summed E-state index contributed by atoms with van der Waals surface area (Å²) in [6, 6.07) is 8.37. The Morgan fingerprint density at radius 3 is 2.81 bits per heavy atom. The molecule has 0 atom stereocenters. The summed E-state index contributed by atoms with van der Waals surface area (Å²) in [6.07, 6.45) is 1.93. The monoisotopic (exact) mass is 393 g/mol. The second-order valence-electron chi connectivity index (χ2n) is 5.58. The molecule has 0 unspecified atom stereocenters. The molecule has 2 heterocycles. The van der Waals surface area contributed by atoms with Gasteiger partial charge < -0.3 is 8.92 Å². The van der Waals surface area contributed by atoms with Crippen LogP contribution in [-0.2, 0) is 17.8 Å². The molecule has 1 aromatic carbocycles. The zero-order valence-electron chi connectivity index (χ0n) is 13.9. The van der Waals surface area contributed by atoms with Crippen LogP contribution in [0.3, 0.4) is 0 Å². The number of thiol groups is 1. The van der Waals surface area contributed by atoms with Gasteiger partial charge in [0.25, 0.3) is 5.56 Å². The summed E-state index contributed by atoms with van der Waals surface area (Å²) in [5.74, 6) is 0.737. The van der Waals surface area contributed by atoms with Crippen molar-refractivity contribution < 1.29 is 8.92 Å². The highest BCUT2D eigenvalue weighted by molar-refractivity contribution is 7.75. The Balaban J connectivity index is 2.05. The molecule has 0 aliphatic heterocycles. The van der Waals surface area contributed by atoms with Crippen LogP contribution in [-0.4, -0.2) is 20.7 Å². The van der Waals surface area contributed by atoms with E-state index in [1.165, 1.54) is 16.8 Å². The smallest absolute Gasteiger partial charge is 0.331 e. The zero-order valence-corrected chi connectivity index (χ0v) is 15.5. The molecule has 7 nitrogen and oxygen atoms in total. The van der Waals surface area contributed by atoms with E-state index in [1.807, 2.05) is 0 Å². The number of aryl methyl sites for hydroxylation is 1. The van der Waals surface area contributed by atoms with Gasteiger partial charge in [-0.15, -0.1) is 0 Å². The number of hydrogen-bond acceptors (Lipinski definition) is 6. The molecule has 0 radical (unpaired) electrons. The van der Waals surface area contributed by atoms with E-state index >= 15 is 0 Å². The third-order valence-electron chi connectivity index (χ3n) is 3.85. The number of fused-ring (bicyclic) bond motifs is 1. The summed E-state index contributed by atoms with van der Waals surface area (Å²) in [7, 11) is 1.59. The van der Waals surface area contributed by atoms with E-state index in [9.17, 15) is 9.59 Å². The number of ether oxygens (including phenoxy) is 1. The molecule has 0 bridgehead atoms. The molecular weight excluding hydrogens is 378 g/mol. The Morgan fingerprint density at radius 2 is 2.08 bits per heavy atom. The minimum absolute atomic E-state index is 0.231. The van der Waals surface area contributed by atoms with Crippen molar-refractivity contribution in [3.05, 3.63) is 62.4 Å². The Hall–Kier alpha value is -2.29. The lowest BCUT2D eigenvalue weighted by Gasteiger charge is -2.11. The molecule has 0 N–H and O–H groups in total. The van der Waals surface area contributed by atoms with Crippen molar-refractivity contribution in [3.8, 4) is 11.6 Å². The number of aromatic nitrogens is 3. The van der Waals surface area contributed by atoms with Crippen LogP contribution in [0.1, 0.15) is 6.42 Å². The van der Waals surface area contributed by atoms with E-state index in [0.717, 1.165) is 4.57 Å². The van der Waals surface area contributed by atoms with Gasteiger partial charge in [-0.25, -0.2) is 9.78 Å². The normalized spacial score (nSPS) is 11.0. The Labute approximate surface area is 159 Å². The lowest BCUT2D eigenvalue weighted by Crippen LogP contribution is -2.39. The third kappa shape index (κ3) is 3.77. The van der Waals surface area contributed by atoms with Crippen LogP contribution >= 0.6 is 24.5 Å². The minimum atomic E-state index is -0.410. The summed E-state index contributed by atoms with van der Waals surface area (Å²) in [5, 5.41) is 0.866. The van der Waals surface area contributed by atoms with Crippen molar-refractivity contribution in [1.29, 1.82) is 0 Å². The summed E-state index contributed by atoms with van der Waals surface area (Å²) in [5.41, 5.74) is -0.382. The van der Waals surface area contributed by atoms with Gasteiger partial charge in [0.2, 0.25) is 5.88 Å². The molecule has 0 saturated heterocycles. The number of pyridine rings is 1. The lowest BCUT2D eigenvalue weighted by molar-refractivity contribution is 0.354. The van der Waals surface area contributed by atoms with Crippen LogP contribution < -0.4 is 16.0 Å². The van der Waals surface area contributed by atoms with Crippen LogP contribution in [0.25, 0.3) is 10.9 Å². The highest BCUT2D eigenvalue weighted by Gasteiger charge is 2.13. The number of rotatable bonds is 6. The first-order chi connectivity index (χ1) is 12.5. The summed E-state index contributed by atoms with van der Waals surface area (Å²) < 4.78 is 12.9. The van der Waals surface area contributed by atoms with Gasteiger partial charge in [-0.3, -0.25) is 13.9 Å². The van der Waals surface area contributed by atoms with Gasteiger partial charge in [-0.05, 0) is 37.5 Å². The van der Waals surface area contributed by atoms with Gasteiger partial charge in [0, 0.05) is 24.7 Å². The summed E-state index contributed by atoms with van der Waals surface area (Å²) >= 11 is 9.60. The Bertz CT molecular complexity index is 1060. The summed E-state index contributed by atoms with van der Waals surface area (Å²) in [6.45, 7) is 0.561. The largest absolute Gasteiger partial charge is 0.439 e. The lowest BCUT2D eigenvalue weighted by atomic mass is 10.3. The third-order valence-corrected chi connectivity index (χ3v) is 4.27. The maximum absolute atomic E-state index is 12.7. The first-order valence-corrected chi connectivity index (χ1v) is 8.55. The SMILES string of the molecule is Cn1c(=O)n(CCCOS)c(=O)c2cc(Oc3cccc(Cl)c3)ncc21. The average molecular weight is 394 g/mol. The van der Waals surface area contributed by atoms with E-state index in [-0.39, 0.29) is 12.4 Å². The molecule has 3 aromatic rings. The average Bonchev–Trinajstić information content (AvgIpc) is 2.63. The molecule has 2 aromatic heterocycles. The standard InChI is InChI=1S/C17H16ClN3O4S/c1-20-14-10-19-15(25-12-5-2-4-11(18)8-12)9-13(14)16(22)21(17(20)23)6-3-7-24-26/h2,4-5,8-10,26H,3,6-7H2,1H3. The topological polar surface area (TPSA) is 75.3 Å². The minimum Gasteiger partial charge on any atom is -0.439 e. The second kappa shape index (κ2) is 7.94. The molecule has 0 aliphatic rings. The number of benzene rings is 1. The highest BCUT2D eigenvalue weighted by Crippen LogP contribution is 2.23. The van der Waals surface area contributed by atoms with Crippen LogP contribution in [0.15, 0.2) is 46.1 Å². The quantitative estimate of drug-likeness (QED) is 0.396. The van der Waals surface area contributed by atoms with Crippen molar-refractivity contribution in [2.24, 2.45) is 7.05 Å². The van der Waals surface area contributed by atoms with E-state index < -0.39 is 11.2 Å². The number of halogens is 1. The van der Waals surface area contributed by atoms with Crippen molar-refractivity contribution in [2.75, 3.05) is 6.61 Å². The molecule has 0 saturated carbocycles. The first kappa shape index (κ1) is 18.5. The van der Waals surface area contributed by atoms with Gasteiger partial charge in [-0.1, -0.05) is 17.7 Å². The molecule has 0 amide bonds. The second-order valence-corrected chi connectivity index (χ2v) is 6.28. The number of nitrogens with zero attached hydrogens (tertiary/aromatic N) is 3. The fourth-order valence-electron chi connectivity index (χ4n) is 2.58. The maximum Gasteiger partial charge on any atom is 0.331 e. The van der Waals surface area contributed by atoms with Gasteiger partial charge in [0.1, 0.15) is 5.75 Å². The van der Waals surface area contributed by atoms with Crippen LogP contribution in [0.5, 0.6) is 11.6 Å². The van der Waals surface area contributed by atoms with Crippen LogP contribution in [0.4, 0.5) is 0 Å². The fraction of sp³-hybridized carbons (Fsp3) is 0.235. The van der Waals surface area contributed by atoms with E-state index in [4.69, 9.17) is 16.3 Å². The maximum atomic E-state index is 12.7. The van der Waals surface area contributed by atoms with Crippen molar-refractivity contribution in [2.45, 2.75) is 13.0 Å². The van der Waals surface area contributed by atoms with Gasteiger partial charge >= 0.3 is 5.69 Å². The first-order valence-electron chi connectivity index (χ1n) is 7.80. The predicted octanol–water partition coefficient (Wildman–Crippen LogP) is 2.79. The molecule has 0 fully saturated rings. The summed E-state index contributed by atoms with van der Waals surface area (Å²) in [4.78, 5) is 29.3.